The lowest BCUT2D eigenvalue weighted by atomic mass is 9.73. The summed E-state index contributed by atoms with van der Waals surface area (Å²) in [7, 11) is 1.41. The number of benzene rings is 2. The first-order valence-corrected chi connectivity index (χ1v) is 12.4. The summed E-state index contributed by atoms with van der Waals surface area (Å²) < 4.78 is 11.2. The molecule has 0 radical (unpaired) electrons. The number of ether oxygens (including phenoxy) is 2. The second-order valence-corrected chi connectivity index (χ2v) is 9.78. The Morgan fingerprint density at radius 3 is 2.73 bits per heavy atom. The van der Waals surface area contributed by atoms with Gasteiger partial charge in [0.05, 0.1) is 25.8 Å². The number of carbonyl (C=O) groups is 1. The number of aryl methyl sites for hydroxylation is 1. The molecule has 1 aliphatic carbocycles. The molecule has 1 fully saturated rings. The Morgan fingerprint density at radius 1 is 1.21 bits per heavy atom. The lowest BCUT2D eigenvalue weighted by Crippen LogP contribution is -2.41. The summed E-state index contributed by atoms with van der Waals surface area (Å²) in [4.78, 5) is 14.3. The first-order valence-electron chi connectivity index (χ1n) is 12.0. The van der Waals surface area contributed by atoms with Gasteiger partial charge in [-0.3, -0.25) is 4.79 Å². The van der Waals surface area contributed by atoms with Crippen LogP contribution in [0.25, 0.3) is 0 Å². The third-order valence-electron chi connectivity index (χ3n) is 7.15. The molecule has 3 unspecified atom stereocenters. The van der Waals surface area contributed by atoms with Gasteiger partial charge in [0.1, 0.15) is 5.75 Å². The molecule has 0 spiro atoms. The van der Waals surface area contributed by atoms with Crippen LogP contribution in [0.4, 0.5) is 5.69 Å². The molecule has 5 nitrogen and oxygen atoms in total. The Hall–Kier alpha value is -2.24. The van der Waals surface area contributed by atoms with Crippen molar-refractivity contribution in [2.24, 2.45) is 11.8 Å². The average molecular weight is 472 g/mol. The third kappa shape index (κ3) is 5.47. The normalized spacial score (nSPS) is 22.1. The molecule has 1 heterocycles. The van der Waals surface area contributed by atoms with Gasteiger partial charge in [0.15, 0.2) is 0 Å². The van der Waals surface area contributed by atoms with E-state index in [-0.39, 0.29) is 24.9 Å². The summed E-state index contributed by atoms with van der Waals surface area (Å²) in [6.07, 6.45) is 4.50. The van der Waals surface area contributed by atoms with E-state index in [1.165, 1.54) is 18.2 Å². The van der Waals surface area contributed by atoms with E-state index < -0.39 is 0 Å². The Morgan fingerprint density at radius 2 is 2.03 bits per heavy atom. The van der Waals surface area contributed by atoms with Crippen LogP contribution >= 0.6 is 11.6 Å². The van der Waals surface area contributed by atoms with E-state index in [0.717, 1.165) is 60.8 Å². The highest BCUT2D eigenvalue weighted by atomic mass is 35.5. The molecule has 4 rings (SSSR count). The van der Waals surface area contributed by atoms with Gasteiger partial charge in [0, 0.05) is 30.6 Å². The van der Waals surface area contributed by atoms with Gasteiger partial charge >= 0.3 is 5.97 Å². The van der Waals surface area contributed by atoms with Gasteiger partial charge in [0.25, 0.3) is 0 Å². The van der Waals surface area contributed by atoms with Gasteiger partial charge in [0.2, 0.25) is 0 Å². The van der Waals surface area contributed by atoms with Crippen molar-refractivity contribution < 1.29 is 19.4 Å². The van der Waals surface area contributed by atoms with E-state index in [2.05, 4.69) is 30.0 Å². The van der Waals surface area contributed by atoms with Crippen molar-refractivity contribution in [2.45, 2.75) is 44.9 Å². The minimum atomic E-state index is -0.251. The fourth-order valence-electron chi connectivity index (χ4n) is 5.11. The summed E-state index contributed by atoms with van der Waals surface area (Å²) in [6, 6.07) is 12.2. The number of hydrogen-bond donors (Lipinski definition) is 1. The monoisotopic (exact) mass is 471 g/mol. The molecule has 1 aliphatic heterocycles. The molecular formula is C27H34ClNO4. The molecule has 0 aromatic heterocycles. The van der Waals surface area contributed by atoms with Gasteiger partial charge in [-0.2, -0.15) is 0 Å². The van der Waals surface area contributed by atoms with Crippen LogP contribution in [0, 0.1) is 11.8 Å². The number of rotatable bonds is 8. The highest BCUT2D eigenvalue weighted by molar-refractivity contribution is 6.30. The first-order chi connectivity index (χ1) is 16.0. The summed E-state index contributed by atoms with van der Waals surface area (Å²) >= 11 is 6.32. The van der Waals surface area contributed by atoms with E-state index in [4.69, 9.17) is 21.1 Å². The minimum absolute atomic E-state index is 0.202. The van der Waals surface area contributed by atoms with E-state index in [1.54, 1.807) is 0 Å². The molecule has 1 N–H and O–H groups in total. The molecule has 2 aromatic carbocycles. The lowest BCUT2D eigenvalue weighted by molar-refractivity contribution is -0.139. The molecule has 1 saturated carbocycles. The minimum Gasteiger partial charge on any atom is -0.491 e. The van der Waals surface area contributed by atoms with Crippen molar-refractivity contribution in [1.82, 2.24) is 0 Å². The zero-order valence-corrected chi connectivity index (χ0v) is 20.3. The van der Waals surface area contributed by atoms with E-state index in [9.17, 15) is 9.90 Å². The highest BCUT2D eigenvalue weighted by Crippen LogP contribution is 2.41. The Labute approximate surface area is 201 Å². The number of esters is 1. The largest absolute Gasteiger partial charge is 0.491 e. The van der Waals surface area contributed by atoms with Gasteiger partial charge < -0.3 is 19.5 Å². The van der Waals surface area contributed by atoms with Gasteiger partial charge in [-0.05, 0) is 72.1 Å². The van der Waals surface area contributed by atoms with Gasteiger partial charge in [-0.15, -0.1) is 0 Å². The van der Waals surface area contributed by atoms with Crippen LogP contribution in [0.5, 0.6) is 5.75 Å². The van der Waals surface area contributed by atoms with Crippen molar-refractivity contribution in [3.63, 3.8) is 0 Å². The maximum atomic E-state index is 11.9. The fourth-order valence-corrected chi connectivity index (χ4v) is 5.30. The molecule has 0 amide bonds. The topological polar surface area (TPSA) is 59.0 Å². The molecular weight excluding hydrogens is 438 g/mol. The molecule has 2 aromatic rings. The van der Waals surface area contributed by atoms with Crippen LogP contribution in [0.15, 0.2) is 36.4 Å². The van der Waals surface area contributed by atoms with Crippen LogP contribution in [0.2, 0.25) is 5.02 Å². The van der Waals surface area contributed by atoms with Crippen LogP contribution < -0.4 is 9.64 Å². The molecule has 0 saturated heterocycles. The van der Waals surface area contributed by atoms with Crippen molar-refractivity contribution in [2.75, 3.05) is 38.3 Å². The number of hydrogen-bond acceptors (Lipinski definition) is 5. The number of anilines is 1. The Kier molecular flexibility index (Phi) is 7.82. The van der Waals surface area contributed by atoms with Crippen molar-refractivity contribution >= 4 is 23.3 Å². The molecule has 3 atom stereocenters. The fraction of sp³-hybridized carbons (Fsp3) is 0.519. The second kappa shape index (κ2) is 10.8. The van der Waals surface area contributed by atoms with Gasteiger partial charge in [-0.25, -0.2) is 0 Å². The second-order valence-electron chi connectivity index (χ2n) is 9.34. The summed E-state index contributed by atoms with van der Waals surface area (Å²) in [5.41, 5.74) is 4.51. The smallest absolute Gasteiger partial charge is 0.309 e. The van der Waals surface area contributed by atoms with E-state index in [1.807, 2.05) is 18.2 Å². The lowest BCUT2D eigenvalue weighted by Gasteiger charge is -2.40. The van der Waals surface area contributed by atoms with Crippen LogP contribution in [-0.2, 0) is 22.4 Å². The van der Waals surface area contributed by atoms with Gasteiger partial charge in [-0.1, -0.05) is 37.1 Å². The maximum Gasteiger partial charge on any atom is 0.309 e. The summed E-state index contributed by atoms with van der Waals surface area (Å²) in [6.45, 7) is 4.71. The number of nitrogens with zero attached hydrogens (tertiary/aromatic N) is 1. The zero-order chi connectivity index (χ0) is 23.4. The van der Waals surface area contributed by atoms with Crippen molar-refractivity contribution in [1.29, 1.82) is 0 Å². The molecule has 178 valence electrons. The number of carbonyl (C=O) groups excluding carboxylic acids is 1. The molecule has 33 heavy (non-hydrogen) atoms. The van der Waals surface area contributed by atoms with Crippen molar-refractivity contribution in [3.05, 3.63) is 58.1 Å². The van der Waals surface area contributed by atoms with E-state index >= 15 is 0 Å². The summed E-state index contributed by atoms with van der Waals surface area (Å²) in [5, 5.41) is 10.5. The Bertz CT molecular complexity index is 977. The standard InChI is InChI=1S/C27H34ClNO4/c1-3-4-19-13-23(28)8-9-24(19)22-15-29(14-20-6-7-21(20)16-30)25-11-18(12-27(31)32-2)5-10-26(25)33-17-22/h5,8-11,13,20-22,30H,3-4,6-7,12,14-17H2,1-2H3. The predicted octanol–water partition coefficient (Wildman–Crippen LogP) is 5.01. The number of aliphatic hydroxyl groups excluding tert-OH is 1. The quantitative estimate of drug-likeness (QED) is 0.548. The first kappa shape index (κ1) is 23.9. The van der Waals surface area contributed by atoms with E-state index in [0.29, 0.717) is 18.4 Å². The number of fused-ring (bicyclic) bond motifs is 1. The SMILES string of the molecule is CCCc1cc(Cl)ccc1C1COc2ccc(CC(=O)OC)cc2N(CC2CCC2CO)C1. The van der Waals surface area contributed by atoms with Crippen LogP contribution in [0.1, 0.15) is 48.8 Å². The predicted molar refractivity (Wildman–Crippen MR) is 131 cm³/mol. The average Bonchev–Trinajstić information content (AvgIpc) is 2.96. The van der Waals surface area contributed by atoms with Crippen molar-refractivity contribution in [3.8, 4) is 5.75 Å². The number of halogens is 1. The molecule has 2 aliphatic rings. The molecule has 0 bridgehead atoms. The highest BCUT2D eigenvalue weighted by Gasteiger charge is 2.34. The van der Waals surface area contributed by atoms with Crippen LogP contribution in [0.3, 0.4) is 0 Å². The third-order valence-corrected chi connectivity index (χ3v) is 7.38. The Balaban J connectivity index is 1.66. The maximum absolute atomic E-state index is 11.9. The zero-order valence-electron chi connectivity index (χ0n) is 19.6. The van der Waals surface area contributed by atoms with Crippen LogP contribution in [-0.4, -0.2) is 44.5 Å². The number of methoxy groups -OCH3 is 1. The number of aliphatic hydroxyl groups is 1. The molecule has 6 heteroatoms. The summed E-state index contributed by atoms with van der Waals surface area (Å²) in [5.74, 6) is 1.62.